The number of likely N-dealkylation sites (N-methyl/N-ethyl adjacent to an activating group) is 1. The van der Waals surface area contributed by atoms with E-state index < -0.39 is 22.0 Å². The van der Waals surface area contributed by atoms with Gasteiger partial charge in [0.05, 0.1) is 20.6 Å². The minimum atomic E-state index is -4.18. The minimum absolute atomic E-state index is 0.0458. The summed E-state index contributed by atoms with van der Waals surface area (Å²) in [6, 6.07) is 0. The van der Waals surface area contributed by atoms with Crippen LogP contribution in [0.2, 0.25) is 0 Å². The fourth-order valence-electron chi connectivity index (χ4n) is 4.61. The molecule has 0 bridgehead atoms. The molecule has 8 heteroatoms. The summed E-state index contributed by atoms with van der Waals surface area (Å²) >= 11 is 0. The molecular formula is C27H57N2O5S+. The zero-order chi connectivity index (χ0) is 26.4. The molecule has 0 aliphatic heterocycles. The van der Waals surface area contributed by atoms with E-state index in [0.717, 1.165) is 19.4 Å². The Morgan fingerprint density at radius 1 is 0.771 bits per heavy atom. The monoisotopic (exact) mass is 521 g/mol. The lowest BCUT2D eigenvalue weighted by molar-refractivity contribution is -0.893. The zero-order valence-electron chi connectivity index (χ0n) is 23.1. The highest BCUT2D eigenvalue weighted by Gasteiger charge is 2.24. The quantitative estimate of drug-likeness (QED) is 0.0840. The molecule has 7 nitrogen and oxygen atoms in total. The van der Waals surface area contributed by atoms with Gasteiger partial charge >= 0.3 is 0 Å². The summed E-state index contributed by atoms with van der Waals surface area (Å²) in [5.41, 5.74) is 0. The van der Waals surface area contributed by atoms with Crippen LogP contribution in [0.4, 0.5) is 0 Å². The van der Waals surface area contributed by atoms with Crippen LogP contribution in [0.1, 0.15) is 122 Å². The van der Waals surface area contributed by atoms with Crippen molar-refractivity contribution in [1.29, 1.82) is 0 Å². The average molecular weight is 522 g/mol. The molecule has 210 valence electrons. The number of carbonyl (C=O) groups is 1. The van der Waals surface area contributed by atoms with Gasteiger partial charge in [-0.15, -0.1) is 0 Å². The number of quaternary nitrogens is 1. The fraction of sp³-hybridized carbons (Fsp3) is 0.963. The molecule has 0 radical (unpaired) electrons. The standard InChI is InChI=1S/C27H56N2O5S/c1-4-5-6-7-8-9-10-11-12-13-14-15-16-17-18-19-22-28-27(31)21-20-23-29(2,3)24-26(30)25-35(32,33)34/h26,30H,4-25H2,1-3H3,(H-,28,31,32,33,34)/p+1. The molecule has 1 atom stereocenters. The number of nitrogens with one attached hydrogen (secondary N) is 1. The Labute approximate surface area is 216 Å². The maximum absolute atomic E-state index is 12.0. The molecule has 3 N–H and O–H groups in total. The first kappa shape index (κ1) is 34.3. The van der Waals surface area contributed by atoms with E-state index in [1.165, 1.54) is 89.9 Å². The summed E-state index contributed by atoms with van der Waals surface area (Å²) in [6.07, 6.45) is 21.4. The normalized spacial score (nSPS) is 13.2. The lowest BCUT2D eigenvalue weighted by Crippen LogP contribution is -2.47. The SMILES string of the molecule is CCCCCCCCCCCCCCCCCCNC(=O)CCC[N+](C)(C)CC(O)CS(=O)(=O)O. The third-order valence-electron chi connectivity index (χ3n) is 6.63. The van der Waals surface area contributed by atoms with Gasteiger partial charge in [-0.2, -0.15) is 8.42 Å². The first-order valence-electron chi connectivity index (χ1n) is 14.3. The Kier molecular flexibility index (Phi) is 21.0. The van der Waals surface area contributed by atoms with Gasteiger partial charge in [0, 0.05) is 19.4 Å². The van der Waals surface area contributed by atoms with Crippen molar-refractivity contribution >= 4 is 16.0 Å². The average Bonchev–Trinajstić information content (AvgIpc) is 2.74. The number of carbonyl (C=O) groups excluding carboxylic acids is 1. The van der Waals surface area contributed by atoms with Crippen molar-refractivity contribution in [2.75, 3.05) is 39.5 Å². The van der Waals surface area contributed by atoms with E-state index in [-0.39, 0.29) is 12.5 Å². The Morgan fingerprint density at radius 2 is 1.20 bits per heavy atom. The number of aliphatic hydroxyl groups excluding tert-OH is 1. The highest BCUT2D eigenvalue weighted by atomic mass is 32.2. The van der Waals surface area contributed by atoms with Gasteiger partial charge in [0.25, 0.3) is 10.1 Å². The van der Waals surface area contributed by atoms with E-state index in [9.17, 15) is 18.3 Å². The molecule has 0 aliphatic rings. The Balaban J connectivity index is 3.47. The molecule has 0 aromatic heterocycles. The van der Waals surface area contributed by atoms with Crippen LogP contribution in [0.5, 0.6) is 0 Å². The number of aliphatic hydroxyl groups is 1. The Bertz CT molecular complexity index is 611. The molecule has 0 saturated heterocycles. The minimum Gasteiger partial charge on any atom is -0.386 e. The fourth-order valence-corrected chi connectivity index (χ4v) is 5.21. The second kappa shape index (κ2) is 21.4. The van der Waals surface area contributed by atoms with Gasteiger partial charge in [-0.1, -0.05) is 103 Å². The summed E-state index contributed by atoms with van der Waals surface area (Å²) in [7, 11) is -0.431. The number of unbranched alkanes of at least 4 members (excludes halogenated alkanes) is 15. The van der Waals surface area contributed by atoms with Crippen molar-refractivity contribution in [3.8, 4) is 0 Å². The highest BCUT2D eigenvalue weighted by molar-refractivity contribution is 7.85. The Morgan fingerprint density at radius 3 is 1.63 bits per heavy atom. The van der Waals surface area contributed by atoms with E-state index in [0.29, 0.717) is 23.9 Å². The summed E-state index contributed by atoms with van der Waals surface area (Å²) in [5, 5.41) is 12.8. The van der Waals surface area contributed by atoms with E-state index in [2.05, 4.69) is 12.2 Å². The van der Waals surface area contributed by atoms with E-state index in [1.807, 2.05) is 14.1 Å². The van der Waals surface area contributed by atoms with E-state index in [4.69, 9.17) is 4.55 Å². The van der Waals surface area contributed by atoms with E-state index in [1.54, 1.807) is 0 Å². The lowest BCUT2D eigenvalue weighted by Gasteiger charge is -2.31. The molecule has 0 heterocycles. The molecule has 0 fully saturated rings. The Hall–Kier alpha value is -0.700. The topological polar surface area (TPSA) is 104 Å². The summed E-state index contributed by atoms with van der Waals surface area (Å²) in [4.78, 5) is 12.0. The molecular weight excluding hydrogens is 464 g/mol. The van der Waals surface area contributed by atoms with Crippen LogP contribution < -0.4 is 5.32 Å². The van der Waals surface area contributed by atoms with Gasteiger partial charge in [0.2, 0.25) is 5.91 Å². The molecule has 0 spiro atoms. The number of amides is 1. The lowest BCUT2D eigenvalue weighted by atomic mass is 10.0. The van der Waals surface area contributed by atoms with Gasteiger partial charge < -0.3 is 14.9 Å². The maximum atomic E-state index is 12.0. The van der Waals surface area contributed by atoms with Crippen LogP contribution in [0.25, 0.3) is 0 Å². The molecule has 0 rings (SSSR count). The summed E-state index contributed by atoms with van der Waals surface area (Å²) < 4.78 is 30.9. The second-order valence-corrected chi connectivity index (χ2v) is 12.5. The second-order valence-electron chi connectivity index (χ2n) is 11.0. The van der Waals surface area contributed by atoms with Crippen molar-refractivity contribution in [2.24, 2.45) is 0 Å². The van der Waals surface area contributed by atoms with Gasteiger partial charge in [-0.25, -0.2) is 0 Å². The number of hydrogen-bond acceptors (Lipinski definition) is 4. The van der Waals surface area contributed by atoms with Gasteiger partial charge in [0.15, 0.2) is 0 Å². The van der Waals surface area contributed by atoms with Gasteiger partial charge in [0.1, 0.15) is 18.4 Å². The predicted octanol–water partition coefficient (Wildman–Crippen LogP) is 5.47. The smallest absolute Gasteiger partial charge is 0.267 e. The van der Waals surface area contributed by atoms with Crippen LogP contribution in [0.15, 0.2) is 0 Å². The zero-order valence-corrected chi connectivity index (χ0v) is 23.9. The highest BCUT2D eigenvalue weighted by Crippen LogP contribution is 2.13. The van der Waals surface area contributed by atoms with Crippen LogP contribution in [-0.2, 0) is 14.9 Å². The molecule has 35 heavy (non-hydrogen) atoms. The first-order valence-corrected chi connectivity index (χ1v) is 15.9. The maximum Gasteiger partial charge on any atom is 0.267 e. The number of nitrogens with zero attached hydrogens (tertiary/aromatic N) is 1. The van der Waals surface area contributed by atoms with Crippen LogP contribution in [-0.4, -0.2) is 74.1 Å². The van der Waals surface area contributed by atoms with Crippen molar-refractivity contribution in [3.05, 3.63) is 0 Å². The molecule has 0 saturated carbocycles. The van der Waals surface area contributed by atoms with Crippen molar-refractivity contribution in [2.45, 2.75) is 129 Å². The molecule has 0 aromatic rings. The molecule has 0 aromatic carbocycles. The van der Waals surface area contributed by atoms with Crippen LogP contribution in [0, 0.1) is 0 Å². The van der Waals surface area contributed by atoms with Crippen molar-refractivity contribution in [3.63, 3.8) is 0 Å². The number of hydrogen-bond donors (Lipinski definition) is 3. The largest absolute Gasteiger partial charge is 0.386 e. The van der Waals surface area contributed by atoms with Crippen molar-refractivity contribution < 1.29 is 27.4 Å². The third-order valence-corrected chi connectivity index (χ3v) is 7.43. The summed E-state index contributed by atoms with van der Waals surface area (Å²) in [6.45, 7) is 3.85. The van der Waals surface area contributed by atoms with Crippen molar-refractivity contribution in [1.82, 2.24) is 5.32 Å². The first-order chi connectivity index (χ1) is 16.6. The van der Waals surface area contributed by atoms with Crippen LogP contribution >= 0.6 is 0 Å². The molecule has 0 aliphatic carbocycles. The summed E-state index contributed by atoms with van der Waals surface area (Å²) in [5.74, 6) is -0.612. The predicted molar refractivity (Wildman–Crippen MR) is 146 cm³/mol. The van der Waals surface area contributed by atoms with Gasteiger partial charge in [-0.3, -0.25) is 9.35 Å². The number of rotatable bonds is 25. The van der Waals surface area contributed by atoms with E-state index >= 15 is 0 Å². The van der Waals surface area contributed by atoms with Gasteiger partial charge in [-0.05, 0) is 6.42 Å². The molecule has 1 amide bonds. The molecule has 1 unspecified atom stereocenters. The third kappa shape index (κ3) is 26.2. The van der Waals surface area contributed by atoms with Crippen LogP contribution in [0.3, 0.4) is 0 Å².